The Morgan fingerprint density at radius 3 is 2.42 bits per heavy atom. The molecule has 0 spiro atoms. The summed E-state index contributed by atoms with van der Waals surface area (Å²) in [5.74, 6) is 1.54. The van der Waals surface area contributed by atoms with E-state index in [4.69, 9.17) is 0 Å². The lowest BCUT2D eigenvalue weighted by atomic mass is 9.93. The molecule has 5 nitrogen and oxygen atoms in total. The molecule has 1 aromatic heterocycles. The van der Waals surface area contributed by atoms with Crippen molar-refractivity contribution in [3.05, 3.63) is 41.5 Å². The lowest BCUT2D eigenvalue weighted by Gasteiger charge is -2.34. The fourth-order valence-corrected chi connectivity index (χ4v) is 4.62. The van der Waals surface area contributed by atoms with Crippen molar-refractivity contribution in [2.75, 3.05) is 13.1 Å². The van der Waals surface area contributed by atoms with E-state index in [2.05, 4.69) is 27.1 Å². The highest BCUT2D eigenvalue weighted by molar-refractivity contribution is 5.23. The van der Waals surface area contributed by atoms with Gasteiger partial charge in [-0.3, -0.25) is 0 Å². The van der Waals surface area contributed by atoms with E-state index in [0.29, 0.717) is 6.04 Å². The van der Waals surface area contributed by atoms with Crippen molar-refractivity contribution in [1.82, 2.24) is 20.2 Å². The predicted molar refractivity (Wildman–Crippen MR) is 97.3 cm³/mol. The lowest BCUT2D eigenvalue weighted by molar-refractivity contribution is -0.932. The van der Waals surface area contributed by atoms with Gasteiger partial charge in [0.05, 0.1) is 19.1 Å². The summed E-state index contributed by atoms with van der Waals surface area (Å²) in [6, 6.07) is 7.42. The van der Waals surface area contributed by atoms with Gasteiger partial charge in [0, 0.05) is 5.56 Å². The van der Waals surface area contributed by atoms with Crippen LogP contribution in [0.5, 0.6) is 0 Å². The van der Waals surface area contributed by atoms with E-state index in [1.165, 1.54) is 37.0 Å². The Morgan fingerprint density at radius 1 is 1.04 bits per heavy atom. The van der Waals surface area contributed by atoms with Crippen LogP contribution in [0, 0.1) is 11.7 Å². The smallest absolute Gasteiger partial charge is 0.214 e. The van der Waals surface area contributed by atoms with Crippen LogP contribution in [0.1, 0.15) is 75.3 Å². The number of piperidine rings is 1. The van der Waals surface area contributed by atoms with Gasteiger partial charge in [0.2, 0.25) is 5.82 Å². The first kappa shape index (κ1) is 17.6. The van der Waals surface area contributed by atoms with Gasteiger partial charge in [-0.25, -0.2) is 9.07 Å². The van der Waals surface area contributed by atoms with Gasteiger partial charge >= 0.3 is 0 Å². The topological polar surface area (TPSA) is 48.0 Å². The van der Waals surface area contributed by atoms with Gasteiger partial charge in [0.1, 0.15) is 5.82 Å². The molecule has 1 aromatic carbocycles. The van der Waals surface area contributed by atoms with E-state index in [1.54, 1.807) is 12.1 Å². The molecule has 1 aliphatic heterocycles. The monoisotopic (exact) mass is 358 g/mol. The molecule has 2 aliphatic rings. The largest absolute Gasteiger partial charge is 0.322 e. The molecule has 4 rings (SSSR count). The zero-order valence-electron chi connectivity index (χ0n) is 15.6. The van der Waals surface area contributed by atoms with E-state index >= 15 is 0 Å². The molecule has 26 heavy (non-hydrogen) atoms. The first-order valence-electron chi connectivity index (χ1n) is 10.1. The van der Waals surface area contributed by atoms with Gasteiger partial charge in [0.15, 0.2) is 6.04 Å². The maximum Gasteiger partial charge on any atom is 0.214 e. The minimum atomic E-state index is -0.193. The lowest BCUT2D eigenvalue weighted by Crippen LogP contribution is -3.13. The third-order valence-corrected chi connectivity index (χ3v) is 6.23. The summed E-state index contributed by atoms with van der Waals surface area (Å²) in [5, 5.41) is 12.9. The zero-order valence-corrected chi connectivity index (χ0v) is 15.6. The van der Waals surface area contributed by atoms with Crippen LogP contribution >= 0.6 is 0 Å². The van der Waals surface area contributed by atoms with Gasteiger partial charge in [-0.1, -0.05) is 26.2 Å². The molecule has 0 amide bonds. The van der Waals surface area contributed by atoms with Crippen molar-refractivity contribution in [1.29, 1.82) is 0 Å². The second-order valence-corrected chi connectivity index (χ2v) is 8.10. The second-order valence-electron chi connectivity index (χ2n) is 8.10. The fourth-order valence-electron chi connectivity index (χ4n) is 4.62. The molecule has 0 radical (unpaired) electrons. The number of hydrogen-bond donors (Lipinski definition) is 1. The Kier molecular flexibility index (Phi) is 5.29. The SMILES string of the molecule is CC1CC[NH+]([C@H](c2ccc(F)cc2)c2nnnn2C2CCCCC2)CC1. The molecule has 0 unspecified atom stereocenters. The minimum absolute atomic E-state index is 0.0834. The number of nitrogens with one attached hydrogen (secondary N) is 1. The van der Waals surface area contributed by atoms with Gasteiger partial charge in [0.25, 0.3) is 0 Å². The van der Waals surface area contributed by atoms with Crippen LogP contribution in [-0.4, -0.2) is 33.3 Å². The number of tetrazole rings is 1. The molecule has 6 heteroatoms. The molecule has 0 bridgehead atoms. The molecule has 1 saturated carbocycles. The van der Waals surface area contributed by atoms with Crippen LogP contribution < -0.4 is 4.90 Å². The Morgan fingerprint density at radius 2 is 1.73 bits per heavy atom. The highest BCUT2D eigenvalue weighted by atomic mass is 19.1. The number of halogens is 1. The zero-order chi connectivity index (χ0) is 17.9. The molecular weight excluding hydrogens is 329 g/mol. The van der Waals surface area contributed by atoms with Crippen LogP contribution in [0.2, 0.25) is 0 Å². The molecular formula is C20H29FN5+. The summed E-state index contributed by atoms with van der Waals surface area (Å²) < 4.78 is 15.6. The van der Waals surface area contributed by atoms with E-state index in [9.17, 15) is 4.39 Å². The van der Waals surface area contributed by atoms with Crippen molar-refractivity contribution >= 4 is 0 Å². The van der Waals surface area contributed by atoms with Crippen molar-refractivity contribution in [2.24, 2.45) is 5.92 Å². The predicted octanol–water partition coefficient (Wildman–Crippen LogP) is 2.72. The third-order valence-electron chi connectivity index (χ3n) is 6.23. The fraction of sp³-hybridized carbons (Fsp3) is 0.650. The molecule has 1 aliphatic carbocycles. The number of nitrogens with zero attached hydrogens (tertiary/aromatic N) is 4. The maximum atomic E-state index is 13.5. The summed E-state index contributed by atoms with van der Waals surface area (Å²) in [7, 11) is 0. The van der Waals surface area contributed by atoms with E-state index in [0.717, 1.165) is 43.2 Å². The average Bonchev–Trinajstić information content (AvgIpc) is 3.15. The highest BCUT2D eigenvalue weighted by Gasteiger charge is 2.35. The van der Waals surface area contributed by atoms with E-state index in [1.807, 2.05) is 12.1 Å². The number of quaternary nitrogens is 1. The summed E-state index contributed by atoms with van der Waals surface area (Å²) >= 11 is 0. The Labute approximate surface area is 154 Å². The minimum Gasteiger partial charge on any atom is -0.322 e. The Bertz CT molecular complexity index is 699. The molecule has 1 N–H and O–H groups in total. The quantitative estimate of drug-likeness (QED) is 0.914. The summed E-state index contributed by atoms with van der Waals surface area (Å²) in [5.41, 5.74) is 1.11. The maximum absolute atomic E-state index is 13.5. The number of benzene rings is 1. The van der Waals surface area contributed by atoms with E-state index < -0.39 is 0 Å². The van der Waals surface area contributed by atoms with Crippen LogP contribution in [-0.2, 0) is 0 Å². The highest BCUT2D eigenvalue weighted by Crippen LogP contribution is 2.30. The van der Waals surface area contributed by atoms with Gasteiger partial charge < -0.3 is 4.90 Å². The first-order valence-corrected chi connectivity index (χ1v) is 10.1. The van der Waals surface area contributed by atoms with Crippen LogP contribution in [0.15, 0.2) is 24.3 Å². The number of hydrogen-bond acceptors (Lipinski definition) is 3. The van der Waals surface area contributed by atoms with Crippen LogP contribution in [0.25, 0.3) is 0 Å². The van der Waals surface area contributed by atoms with Crippen LogP contribution in [0.4, 0.5) is 4.39 Å². The number of likely N-dealkylation sites (tertiary alicyclic amines) is 1. The molecule has 2 fully saturated rings. The number of rotatable bonds is 4. The van der Waals surface area contributed by atoms with Crippen molar-refractivity contribution < 1.29 is 9.29 Å². The van der Waals surface area contributed by atoms with Crippen molar-refractivity contribution in [3.63, 3.8) is 0 Å². The van der Waals surface area contributed by atoms with Crippen molar-refractivity contribution in [3.8, 4) is 0 Å². The van der Waals surface area contributed by atoms with Crippen LogP contribution in [0.3, 0.4) is 0 Å². The molecule has 1 saturated heterocycles. The standard InChI is InChI=1S/C20H28FN5/c1-15-11-13-25(14-12-15)19(16-7-9-17(21)10-8-16)20-22-23-24-26(20)18-5-3-2-4-6-18/h7-10,15,18-19H,2-6,11-14H2,1H3/p+1/t19-/m1/s1. The summed E-state index contributed by atoms with van der Waals surface area (Å²) in [6.45, 7) is 4.55. The van der Waals surface area contributed by atoms with Crippen molar-refractivity contribution in [2.45, 2.75) is 64.0 Å². The first-order chi connectivity index (χ1) is 12.7. The molecule has 2 heterocycles. The Hall–Kier alpha value is -1.82. The molecule has 140 valence electrons. The normalized spacial score (nSPS) is 25.9. The van der Waals surface area contributed by atoms with Gasteiger partial charge in [-0.15, -0.1) is 5.10 Å². The average molecular weight is 358 g/mol. The Balaban J connectivity index is 1.69. The molecule has 2 aromatic rings. The third kappa shape index (κ3) is 3.65. The second kappa shape index (κ2) is 7.82. The number of aromatic nitrogens is 4. The summed E-state index contributed by atoms with van der Waals surface area (Å²) in [6.07, 6.45) is 8.56. The van der Waals surface area contributed by atoms with Gasteiger partial charge in [-0.2, -0.15) is 0 Å². The molecule has 1 atom stereocenters. The summed E-state index contributed by atoms with van der Waals surface area (Å²) in [4.78, 5) is 1.50. The van der Waals surface area contributed by atoms with E-state index in [-0.39, 0.29) is 11.9 Å². The van der Waals surface area contributed by atoms with Gasteiger partial charge in [-0.05, 0) is 66.3 Å².